The van der Waals surface area contributed by atoms with Gasteiger partial charge in [-0.25, -0.2) is 0 Å². The van der Waals surface area contributed by atoms with E-state index in [1.807, 2.05) is 0 Å². The van der Waals surface area contributed by atoms with Gasteiger partial charge in [-0.05, 0) is 12.8 Å². The molecule has 2 rings (SSSR count). The molecule has 0 saturated carbocycles. The van der Waals surface area contributed by atoms with Crippen LogP contribution >= 0.6 is 0 Å². The maximum Gasteiger partial charge on any atom is 0.114 e. The lowest BCUT2D eigenvalue weighted by Crippen LogP contribution is -2.71. The molecule has 0 radical (unpaired) electrons. The molecule has 5 atom stereocenters. The number of nitrogens with one attached hydrogen (secondary N) is 1. The highest BCUT2D eigenvalue weighted by atomic mass is 16.4. The van der Waals surface area contributed by atoms with Crippen molar-refractivity contribution >= 4 is 0 Å². The minimum atomic E-state index is -1.12. The number of nitrogens with two attached hydrogens (primary N) is 1. The van der Waals surface area contributed by atoms with Crippen LogP contribution in [0.1, 0.15) is 12.8 Å². The second-order valence-corrected chi connectivity index (χ2v) is 3.76. The Kier molecular flexibility index (Phi) is 1.68. The van der Waals surface area contributed by atoms with Crippen LogP contribution in [0, 0.1) is 0 Å². The van der Waals surface area contributed by atoms with Gasteiger partial charge in [0.1, 0.15) is 12.2 Å². The monoisotopic (exact) mass is 174 g/mol. The lowest BCUT2D eigenvalue weighted by molar-refractivity contribution is -0.121. The fraction of sp³-hybridized carbons (Fsp3) is 1.00. The van der Waals surface area contributed by atoms with Crippen LogP contribution in [0.15, 0.2) is 0 Å². The summed E-state index contributed by atoms with van der Waals surface area (Å²) in [4.78, 5) is 0. The van der Waals surface area contributed by atoms with Gasteiger partial charge in [-0.15, -0.1) is 0 Å². The zero-order chi connectivity index (χ0) is 8.93. The van der Waals surface area contributed by atoms with Crippen molar-refractivity contribution in [1.29, 1.82) is 0 Å². The zero-order valence-corrected chi connectivity index (χ0v) is 6.64. The first-order chi connectivity index (χ1) is 5.54. The third-order valence-corrected chi connectivity index (χ3v) is 2.94. The molecule has 2 fully saturated rings. The minimum absolute atomic E-state index is 0.173. The van der Waals surface area contributed by atoms with Crippen LogP contribution in [0.2, 0.25) is 0 Å². The summed E-state index contributed by atoms with van der Waals surface area (Å²) in [6, 6.07) is -0.173. The van der Waals surface area contributed by atoms with Gasteiger partial charge >= 0.3 is 0 Å². The maximum atomic E-state index is 9.50. The molecule has 2 saturated heterocycles. The quantitative estimate of drug-likeness (QED) is 0.279. The van der Waals surface area contributed by atoms with Crippen molar-refractivity contribution in [2.24, 2.45) is 5.73 Å². The molecular weight excluding hydrogens is 160 g/mol. The Bertz CT molecular complexity index is 201. The number of rotatable bonds is 0. The largest absolute Gasteiger partial charge is 0.389 e. The van der Waals surface area contributed by atoms with E-state index >= 15 is 0 Å². The number of hydrogen-bond donors (Lipinski definition) is 5. The van der Waals surface area contributed by atoms with Crippen molar-refractivity contribution in [1.82, 2.24) is 5.32 Å². The fourth-order valence-electron chi connectivity index (χ4n) is 2.10. The summed E-state index contributed by atoms with van der Waals surface area (Å²) in [7, 11) is 0. The summed E-state index contributed by atoms with van der Waals surface area (Å²) in [5.41, 5.74) is 4.86. The molecule has 2 aliphatic heterocycles. The Labute approximate surface area is 70.2 Å². The van der Waals surface area contributed by atoms with E-state index in [1.54, 1.807) is 0 Å². The Morgan fingerprint density at radius 2 is 1.92 bits per heavy atom. The number of piperidine rings is 1. The summed E-state index contributed by atoms with van der Waals surface area (Å²) in [6.45, 7) is 0. The SMILES string of the molecule is N[C@@]12CC[C@@H](N1)[C@H](O)[C@@H](O)[C@@H]2O. The van der Waals surface area contributed by atoms with E-state index in [2.05, 4.69) is 5.32 Å². The maximum absolute atomic E-state index is 9.50. The van der Waals surface area contributed by atoms with Gasteiger partial charge in [0.15, 0.2) is 0 Å². The highest BCUT2D eigenvalue weighted by Crippen LogP contribution is 2.32. The lowest BCUT2D eigenvalue weighted by atomic mass is 9.92. The lowest BCUT2D eigenvalue weighted by Gasteiger charge is -2.41. The molecule has 12 heavy (non-hydrogen) atoms. The summed E-state index contributed by atoms with van der Waals surface area (Å²) < 4.78 is 0. The first-order valence-electron chi connectivity index (χ1n) is 4.15. The van der Waals surface area contributed by atoms with Crippen molar-refractivity contribution in [3.63, 3.8) is 0 Å². The van der Waals surface area contributed by atoms with Crippen LogP contribution in [0.25, 0.3) is 0 Å². The molecule has 0 spiro atoms. The molecule has 0 aromatic rings. The second-order valence-electron chi connectivity index (χ2n) is 3.76. The van der Waals surface area contributed by atoms with Crippen molar-refractivity contribution in [3.8, 4) is 0 Å². The third kappa shape index (κ3) is 0.915. The van der Waals surface area contributed by atoms with Crippen LogP contribution in [0.3, 0.4) is 0 Å². The van der Waals surface area contributed by atoms with E-state index in [9.17, 15) is 15.3 Å². The van der Waals surface area contributed by atoms with Crippen molar-refractivity contribution in [3.05, 3.63) is 0 Å². The highest BCUT2D eigenvalue weighted by Gasteiger charge is 2.53. The van der Waals surface area contributed by atoms with Crippen molar-refractivity contribution in [2.75, 3.05) is 0 Å². The first kappa shape index (κ1) is 8.40. The van der Waals surface area contributed by atoms with E-state index in [-0.39, 0.29) is 6.04 Å². The molecule has 0 aliphatic carbocycles. The topological polar surface area (TPSA) is 98.7 Å². The molecule has 5 nitrogen and oxygen atoms in total. The number of aliphatic hydroxyl groups is 3. The predicted octanol–water partition coefficient (Wildman–Crippen LogP) is -2.51. The Morgan fingerprint density at radius 1 is 1.25 bits per heavy atom. The summed E-state index contributed by atoms with van der Waals surface area (Å²) in [6.07, 6.45) is -1.81. The highest BCUT2D eigenvalue weighted by molar-refractivity contribution is 5.10. The van der Waals surface area contributed by atoms with Crippen LogP contribution in [-0.4, -0.2) is 45.3 Å². The normalized spacial score (nSPS) is 59.0. The van der Waals surface area contributed by atoms with E-state index in [1.165, 1.54) is 0 Å². The summed E-state index contributed by atoms with van der Waals surface area (Å²) in [5.74, 6) is 0. The second kappa shape index (κ2) is 2.40. The van der Waals surface area contributed by atoms with Gasteiger partial charge in [-0.2, -0.15) is 0 Å². The molecule has 2 bridgehead atoms. The van der Waals surface area contributed by atoms with E-state index in [0.29, 0.717) is 12.8 Å². The summed E-state index contributed by atoms with van der Waals surface area (Å²) in [5, 5.41) is 31.2. The Hall–Kier alpha value is -0.200. The average Bonchev–Trinajstić information content (AvgIpc) is 2.41. The molecule has 0 unspecified atom stereocenters. The molecular formula is C7H14N2O3. The van der Waals surface area contributed by atoms with Gasteiger partial charge in [0.25, 0.3) is 0 Å². The third-order valence-electron chi connectivity index (χ3n) is 2.94. The Balaban J connectivity index is 2.25. The smallest absolute Gasteiger partial charge is 0.114 e. The van der Waals surface area contributed by atoms with Gasteiger partial charge < -0.3 is 21.1 Å². The summed E-state index contributed by atoms with van der Waals surface area (Å²) >= 11 is 0. The molecule has 6 N–H and O–H groups in total. The standard InChI is InChI=1S/C7H14N2O3/c8-7-2-1-3(9-7)4(10)5(11)6(7)12/h3-6,9-12H,1-2,8H2/t3-,4+,5-,6+,7+/m1/s1. The van der Waals surface area contributed by atoms with Crippen LogP contribution < -0.4 is 11.1 Å². The van der Waals surface area contributed by atoms with E-state index < -0.39 is 24.0 Å². The Morgan fingerprint density at radius 3 is 2.58 bits per heavy atom. The fourth-order valence-corrected chi connectivity index (χ4v) is 2.10. The van der Waals surface area contributed by atoms with Crippen LogP contribution in [-0.2, 0) is 0 Å². The molecule has 70 valence electrons. The van der Waals surface area contributed by atoms with Gasteiger partial charge in [0, 0.05) is 6.04 Å². The van der Waals surface area contributed by atoms with Crippen LogP contribution in [0.5, 0.6) is 0 Å². The van der Waals surface area contributed by atoms with Gasteiger partial charge in [0.2, 0.25) is 0 Å². The molecule has 2 aliphatic rings. The number of hydrogen-bond acceptors (Lipinski definition) is 5. The van der Waals surface area contributed by atoms with Crippen molar-refractivity contribution in [2.45, 2.75) is 42.9 Å². The molecule has 5 heteroatoms. The van der Waals surface area contributed by atoms with E-state index in [4.69, 9.17) is 5.73 Å². The molecule has 2 heterocycles. The minimum Gasteiger partial charge on any atom is -0.389 e. The van der Waals surface area contributed by atoms with Crippen molar-refractivity contribution < 1.29 is 15.3 Å². The zero-order valence-electron chi connectivity index (χ0n) is 6.64. The van der Waals surface area contributed by atoms with Gasteiger partial charge in [-0.1, -0.05) is 0 Å². The predicted molar refractivity (Wildman–Crippen MR) is 41.1 cm³/mol. The van der Waals surface area contributed by atoms with Gasteiger partial charge in [0.05, 0.1) is 11.8 Å². The number of fused-ring (bicyclic) bond motifs is 2. The number of aliphatic hydroxyl groups excluding tert-OH is 3. The molecule has 0 amide bonds. The molecule has 0 aromatic heterocycles. The van der Waals surface area contributed by atoms with Gasteiger partial charge in [-0.3, -0.25) is 5.32 Å². The van der Waals surface area contributed by atoms with E-state index in [0.717, 1.165) is 0 Å². The first-order valence-corrected chi connectivity index (χ1v) is 4.15. The molecule has 0 aromatic carbocycles. The average molecular weight is 174 g/mol. The van der Waals surface area contributed by atoms with Crippen LogP contribution in [0.4, 0.5) is 0 Å².